The van der Waals surface area contributed by atoms with Gasteiger partial charge in [0.15, 0.2) is 0 Å². The first-order valence-electron chi connectivity index (χ1n) is 5.64. The molecule has 0 bridgehead atoms. The number of nitrogens with zero attached hydrogens (tertiary/aromatic N) is 3. The molecule has 1 fully saturated rings. The van der Waals surface area contributed by atoms with Gasteiger partial charge in [-0.3, -0.25) is 4.79 Å². The summed E-state index contributed by atoms with van der Waals surface area (Å²) in [6.07, 6.45) is 2.09. The Morgan fingerprint density at radius 1 is 1.29 bits per heavy atom. The van der Waals surface area contributed by atoms with Gasteiger partial charge < -0.3 is 5.32 Å². The van der Waals surface area contributed by atoms with E-state index in [-0.39, 0.29) is 11.7 Å². The van der Waals surface area contributed by atoms with Gasteiger partial charge in [0, 0.05) is 6.04 Å². The van der Waals surface area contributed by atoms with Crippen LogP contribution in [0.15, 0.2) is 18.2 Å². The van der Waals surface area contributed by atoms with Crippen molar-refractivity contribution in [1.29, 1.82) is 0 Å². The predicted octanol–water partition coefficient (Wildman–Crippen LogP) is 1.23. The number of hydrogen-bond donors (Lipinski definition) is 1. The summed E-state index contributed by atoms with van der Waals surface area (Å²) in [7, 11) is 0. The molecule has 1 saturated carbocycles. The van der Waals surface area contributed by atoms with E-state index < -0.39 is 0 Å². The number of carbonyl (C=O) groups is 1. The maximum absolute atomic E-state index is 11.7. The van der Waals surface area contributed by atoms with Crippen LogP contribution in [0.2, 0.25) is 0 Å². The van der Waals surface area contributed by atoms with Crippen LogP contribution in [0.3, 0.4) is 0 Å². The molecular formula is C12H12N4O. The van der Waals surface area contributed by atoms with Crippen LogP contribution in [0.25, 0.3) is 11.0 Å². The van der Waals surface area contributed by atoms with Crippen LogP contribution in [0.4, 0.5) is 0 Å². The number of fused-ring (bicyclic) bond motifs is 1. The molecular weight excluding hydrogens is 216 g/mol. The third-order valence-electron chi connectivity index (χ3n) is 2.73. The van der Waals surface area contributed by atoms with E-state index in [1.807, 2.05) is 25.1 Å². The van der Waals surface area contributed by atoms with Gasteiger partial charge in [0.25, 0.3) is 5.91 Å². The van der Waals surface area contributed by atoms with Gasteiger partial charge >= 0.3 is 0 Å². The third-order valence-corrected chi connectivity index (χ3v) is 2.73. The number of amides is 1. The minimum Gasteiger partial charge on any atom is -0.347 e. The van der Waals surface area contributed by atoms with Crippen molar-refractivity contribution in [2.24, 2.45) is 0 Å². The number of aromatic nitrogens is 3. The Kier molecular flexibility index (Phi) is 2.24. The van der Waals surface area contributed by atoms with E-state index in [4.69, 9.17) is 0 Å². The van der Waals surface area contributed by atoms with Crippen molar-refractivity contribution in [3.05, 3.63) is 29.6 Å². The number of hydrogen-bond acceptors (Lipinski definition) is 4. The van der Waals surface area contributed by atoms with Gasteiger partial charge in [0.1, 0.15) is 5.52 Å². The van der Waals surface area contributed by atoms with Gasteiger partial charge in [-0.05, 0) is 37.5 Å². The number of benzene rings is 1. The molecule has 0 radical (unpaired) electrons. The molecule has 0 spiro atoms. The molecule has 3 rings (SSSR count). The second-order valence-corrected chi connectivity index (χ2v) is 4.38. The molecule has 1 heterocycles. The first kappa shape index (κ1) is 10.1. The van der Waals surface area contributed by atoms with Gasteiger partial charge in [-0.15, -0.1) is 10.2 Å². The highest BCUT2D eigenvalue weighted by Crippen LogP contribution is 2.19. The summed E-state index contributed by atoms with van der Waals surface area (Å²) in [5.41, 5.74) is 2.51. The van der Waals surface area contributed by atoms with E-state index >= 15 is 0 Å². The zero-order valence-electron chi connectivity index (χ0n) is 9.47. The monoisotopic (exact) mass is 228 g/mol. The zero-order valence-corrected chi connectivity index (χ0v) is 9.47. The van der Waals surface area contributed by atoms with Gasteiger partial charge in [-0.2, -0.15) is 0 Å². The molecule has 5 nitrogen and oxygen atoms in total. The molecule has 2 aromatic rings. The topological polar surface area (TPSA) is 67.8 Å². The molecule has 1 N–H and O–H groups in total. The molecule has 17 heavy (non-hydrogen) atoms. The van der Waals surface area contributed by atoms with E-state index in [0.717, 1.165) is 18.4 Å². The van der Waals surface area contributed by atoms with Crippen LogP contribution in [0.5, 0.6) is 0 Å². The Hall–Kier alpha value is -2.04. The normalized spacial score (nSPS) is 14.9. The summed E-state index contributed by atoms with van der Waals surface area (Å²) in [5, 5.41) is 10.7. The lowest BCUT2D eigenvalue weighted by Crippen LogP contribution is -2.27. The third kappa shape index (κ3) is 2.08. The minimum atomic E-state index is -0.233. The summed E-state index contributed by atoms with van der Waals surface area (Å²) in [6, 6.07) is 6.01. The molecule has 1 aliphatic rings. The fraction of sp³-hybridized carbons (Fsp3) is 0.333. The molecule has 5 heteroatoms. The maximum Gasteiger partial charge on any atom is 0.291 e. The second-order valence-electron chi connectivity index (χ2n) is 4.38. The Bertz CT molecular complexity index is 592. The van der Waals surface area contributed by atoms with Gasteiger partial charge in [0.05, 0.1) is 5.52 Å². The van der Waals surface area contributed by atoms with Crippen molar-refractivity contribution in [2.75, 3.05) is 0 Å². The smallest absolute Gasteiger partial charge is 0.291 e. The quantitative estimate of drug-likeness (QED) is 0.839. The summed E-state index contributed by atoms with van der Waals surface area (Å²) in [4.78, 5) is 16.0. The van der Waals surface area contributed by atoms with Crippen molar-refractivity contribution < 1.29 is 4.79 Å². The highest BCUT2D eigenvalue weighted by Gasteiger charge is 2.25. The molecule has 0 atom stereocenters. The highest BCUT2D eigenvalue weighted by atomic mass is 16.2. The van der Waals surface area contributed by atoms with E-state index in [0.29, 0.717) is 17.1 Å². The molecule has 0 saturated heterocycles. The van der Waals surface area contributed by atoms with E-state index in [1.165, 1.54) is 0 Å². The van der Waals surface area contributed by atoms with Crippen molar-refractivity contribution in [1.82, 2.24) is 20.5 Å². The van der Waals surface area contributed by atoms with E-state index in [1.54, 1.807) is 0 Å². The first-order chi connectivity index (χ1) is 8.22. The van der Waals surface area contributed by atoms with Crippen LogP contribution < -0.4 is 5.32 Å². The average Bonchev–Trinajstić information content (AvgIpc) is 3.12. The van der Waals surface area contributed by atoms with Crippen molar-refractivity contribution >= 4 is 16.9 Å². The fourth-order valence-corrected chi connectivity index (χ4v) is 1.62. The Labute approximate surface area is 98.3 Å². The number of aryl methyl sites for hydroxylation is 1. The van der Waals surface area contributed by atoms with Gasteiger partial charge in [-0.25, -0.2) is 4.98 Å². The average molecular weight is 228 g/mol. The summed E-state index contributed by atoms with van der Waals surface area (Å²) in [6.45, 7) is 1.98. The first-order valence-corrected chi connectivity index (χ1v) is 5.64. The number of nitrogens with one attached hydrogen (secondary N) is 1. The number of carbonyl (C=O) groups excluding carboxylic acids is 1. The van der Waals surface area contributed by atoms with Gasteiger partial charge in [0.2, 0.25) is 5.82 Å². The minimum absolute atomic E-state index is 0.148. The zero-order chi connectivity index (χ0) is 11.8. The molecule has 1 aromatic heterocycles. The maximum atomic E-state index is 11.7. The van der Waals surface area contributed by atoms with E-state index in [2.05, 4.69) is 20.5 Å². The molecule has 1 aromatic carbocycles. The standard InChI is InChI=1S/C12H12N4O/c1-7-2-5-9-10(6-7)14-11(16-15-9)12(17)13-8-3-4-8/h2,5-6,8H,3-4H2,1H3,(H,13,17). The molecule has 0 unspecified atom stereocenters. The van der Waals surface area contributed by atoms with E-state index in [9.17, 15) is 4.79 Å². The highest BCUT2D eigenvalue weighted by molar-refractivity contribution is 5.92. The molecule has 1 aliphatic carbocycles. The Balaban J connectivity index is 1.96. The lowest BCUT2D eigenvalue weighted by molar-refractivity contribution is 0.0940. The van der Waals surface area contributed by atoms with Crippen molar-refractivity contribution in [2.45, 2.75) is 25.8 Å². The lowest BCUT2D eigenvalue weighted by Gasteiger charge is -2.02. The van der Waals surface area contributed by atoms with Crippen molar-refractivity contribution in [3.8, 4) is 0 Å². The predicted molar refractivity (Wildman–Crippen MR) is 62.6 cm³/mol. The van der Waals surface area contributed by atoms with Crippen LogP contribution in [-0.4, -0.2) is 27.1 Å². The molecule has 0 aliphatic heterocycles. The summed E-state index contributed by atoms with van der Waals surface area (Å²) in [5.74, 6) is -0.0848. The largest absolute Gasteiger partial charge is 0.347 e. The number of rotatable bonds is 2. The summed E-state index contributed by atoms with van der Waals surface area (Å²) >= 11 is 0. The second kappa shape index (κ2) is 3.76. The van der Waals surface area contributed by atoms with Crippen LogP contribution in [0, 0.1) is 6.92 Å². The van der Waals surface area contributed by atoms with Crippen LogP contribution >= 0.6 is 0 Å². The summed E-state index contributed by atoms with van der Waals surface area (Å²) < 4.78 is 0. The molecule has 86 valence electrons. The SMILES string of the molecule is Cc1ccc2nnc(C(=O)NC3CC3)nc2c1. The van der Waals surface area contributed by atoms with Crippen molar-refractivity contribution in [3.63, 3.8) is 0 Å². The lowest BCUT2D eigenvalue weighted by atomic mass is 10.2. The van der Waals surface area contributed by atoms with Gasteiger partial charge in [-0.1, -0.05) is 6.07 Å². The molecule has 1 amide bonds. The fourth-order valence-electron chi connectivity index (χ4n) is 1.62. The Morgan fingerprint density at radius 3 is 2.88 bits per heavy atom. The van der Waals surface area contributed by atoms with Crippen LogP contribution in [-0.2, 0) is 0 Å². The Morgan fingerprint density at radius 2 is 2.12 bits per heavy atom. The van der Waals surface area contributed by atoms with Crippen LogP contribution in [0.1, 0.15) is 29.0 Å².